The minimum atomic E-state index is -5.09. The molecule has 7 heavy (non-hydrogen) atoms. The summed E-state index contributed by atoms with van der Waals surface area (Å²) in [6.45, 7) is 0. The molecule has 0 aromatic rings. The summed E-state index contributed by atoms with van der Waals surface area (Å²) in [6.07, 6.45) is 0. The van der Waals surface area contributed by atoms with E-state index in [-0.39, 0.29) is 27.3 Å². The fourth-order valence-electron chi connectivity index (χ4n) is 0. The van der Waals surface area contributed by atoms with Crippen molar-refractivity contribution in [2.24, 2.45) is 0 Å². The van der Waals surface area contributed by atoms with Crippen molar-refractivity contribution in [2.45, 2.75) is 0 Å². The van der Waals surface area contributed by atoms with Crippen LogP contribution in [0.2, 0.25) is 0 Å². The Morgan fingerprint density at radius 2 is 1.71 bits per heavy atom. The average molecular weight is 224 g/mol. The SMILES string of the molecule is O=P([O-])([O-])OO.[Cd+2]. The van der Waals surface area contributed by atoms with Crippen molar-refractivity contribution in [2.75, 3.05) is 0 Å². The van der Waals surface area contributed by atoms with E-state index in [9.17, 15) is 0 Å². The zero-order valence-electron chi connectivity index (χ0n) is 3.23. The molecular weight excluding hydrogens is 223 g/mol. The smallest absolute Gasteiger partial charge is 0.788 e. The van der Waals surface area contributed by atoms with Crippen LogP contribution in [0.15, 0.2) is 0 Å². The number of hydrogen-bond acceptors (Lipinski definition) is 5. The van der Waals surface area contributed by atoms with Gasteiger partial charge in [0.2, 0.25) is 0 Å². The van der Waals surface area contributed by atoms with Gasteiger partial charge in [-0.2, -0.15) is 0 Å². The van der Waals surface area contributed by atoms with Crippen molar-refractivity contribution in [1.82, 2.24) is 0 Å². The summed E-state index contributed by atoms with van der Waals surface area (Å²) in [5.74, 6) is 0. The molecule has 0 fully saturated rings. The second kappa shape index (κ2) is 3.93. The summed E-state index contributed by atoms with van der Waals surface area (Å²) in [6, 6.07) is 0. The Labute approximate surface area is 59.6 Å². The molecule has 0 rings (SSSR count). The molecule has 7 heteroatoms. The maximum absolute atomic E-state index is 9.00. The maximum atomic E-state index is 9.00. The molecule has 0 spiro atoms. The molecule has 0 unspecified atom stereocenters. The Balaban J connectivity index is 0. The van der Waals surface area contributed by atoms with Gasteiger partial charge in [0.15, 0.2) is 0 Å². The third-order valence-corrected chi connectivity index (χ3v) is 0.300. The van der Waals surface area contributed by atoms with E-state index in [4.69, 9.17) is 19.6 Å². The molecule has 0 aliphatic heterocycles. The Bertz CT molecular complexity index is 72.1. The van der Waals surface area contributed by atoms with Gasteiger partial charge in [0.1, 0.15) is 0 Å². The molecule has 0 aliphatic carbocycles. The zero-order valence-corrected chi connectivity index (χ0v) is 8.17. The van der Waals surface area contributed by atoms with E-state index in [2.05, 4.69) is 4.67 Å². The number of rotatable bonds is 1. The second-order valence-electron chi connectivity index (χ2n) is 0.529. The van der Waals surface area contributed by atoms with E-state index in [0.717, 1.165) is 0 Å². The summed E-state index contributed by atoms with van der Waals surface area (Å²) < 4.78 is 11.4. The quantitative estimate of drug-likeness (QED) is 0.248. The van der Waals surface area contributed by atoms with Gasteiger partial charge >= 0.3 is 27.3 Å². The van der Waals surface area contributed by atoms with Crippen molar-refractivity contribution >= 4 is 7.82 Å². The van der Waals surface area contributed by atoms with Crippen LogP contribution in [0.5, 0.6) is 0 Å². The molecule has 0 atom stereocenters. The summed E-state index contributed by atoms with van der Waals surface area (Å²) in [7, 11) is -5.09. The largest absolute Gasteiger partial charge is 2.00 e. The molecule has 0 aliphatic rings. The summed E-state index contributed by atoms with van der Waals surface area (Å²) in [5, 5.41) is 7.01. The predicted octanol–water partition coefficient (Wildman–Crippen LogP) is -1.70. The van der Waals surface area contributed by atoms with Crippen LogP contribution < -0.4 is 9.79 Å². The minimum absolute atomic E-state index is 0. The molecule has 0 amide bonds. The number of phosphoric acid groups is 1. The first-order valence-corrected chi connectivity index (χ1v) is 2.37. The van der Waals surface area contributed by atoms with Gasteiger partial charge < -0.3 is 14.4 Å². The Hall–Kier alpha value is 0.992. The fourth-order valence-corrected chi connectivity index (χ4v) is 0. The van der Waals surface area contributed by atoms with E-state index >= 15 is 0 Å². The van der Waals surface area contributed by atoms with Crippen LogP contribution >= 0.6 is 7.82 Å². The van der Waals surface area contributed by atoms with E-state index in [1.54, 1.807) is 0 Å². The standard InChI is InChI=1S/Cd.H3O5P/c;1-5-6(2,3)4/h;1H,(H2,2,3,4)/q+2;/p-2. The van der Waals surface area contributed by atoms with Crippen LogP contribution in [0.4, 0.5) is 0 Å². The van der Waals surface area contributed by atoms with Crippen LogP contribution in [0, 0.1) is 0 Å². The molecular formula is HCdO5P. The van der Waals surface area contributed by atoms with Crippen molar-refractivity contribution in [3.63, 3.8) is 0 Å². The first kappa shape index (κ1) is 10.9. The fraction of sp³-hybridized carbons (Fsp3) is 0. The Morgan fingerprint density at radius 3 is 1.71 bits per heavy atom. The van der Waals surface area contributed by atoms with E-state index in [0.29, 0.717) is 0 Å². The van der Waals surface area contributed by atoms with Gasteiger partial charge in [0.05, 0.1) is 7.82 Å². The summed E-state index contributed by atoms with van der Waals surface area (Å²) in [5.41, 5.74) is 0. The van der Waals surface area contributed by atoms with Crippen molar-refractivity contribution in [3.8, 4) is 0 Å². The Kier molecular flexibility index (Phi) is 6.11. The summed E-state index contributed by atoms with van der Waals surface area (Å²) in [4.78, 5) is 18.0. The van der Waals surface area contributed by atoms with Gasteiger partial charge in [-0.3, -0.25) is 0 Å². The van der Waals surface area contributed by atoms with Crippen LogP contribution in [-0.4, -0.2) is 5.26 Å². The molecule has 0 aromatic carbocycles. The monoisotopic (exact) mass is 226 g/mol. The molecule has 38 valence electrons. The molecule has 0 heterocycles. The molecule has 0 aromatic heterocycles. The average Bonchev–Trinajstić information content (AvgIpc) is 1.35. The second-order valence-corrected chi connectivity index (χ2v) is 1.59. The van der Waals surface area contributed by atoms with Crippen LogP contribution in [-0.2, 0) is 36.5 Å². The molecule has 0 radical (unpaired) electrons. The van der Waals surface area contributed by atoms with Gasteiger partial charge in [0, 0.05) is 0 Å². The molecule has 0 saturated heterocycles. The molecule has 5 nitrogen and oxygen atoms in total. The van der Waals surface area contributed by atoms with Crippen molar-refractivity contribution in [1.29, 1.82) is 0 Å². The minimum Gasteiger partial charge on any atom is -0.788 e. The molecule has 1 N–H and O–H groups in total. The first-order valence-electron chi connectivity index (χ1n) is 0.913. The summed E-state index contributed by atoms with van der Waals surface area (Å²) >= 11 is 0. The third-order valence-electron chi connectivity index (χ3n) is 0.100. The van der Waals surface area contributed by atoms with Crippen molar-refractivity contribution < 1.29 is 51.6 Å². The maximum Gasteiger partial charge on any atom is 2.00 e. The van der Waals surface area contributed by atoms with Gasteiger partial charge in [-0.05, 0) is 0 Å². The van der Waals surface area contributed by atoms with Crippen LogP contribution in [0.25, 0.3) is 0 Å². The van der Waals surface area contributed by atoms with Gasteiger partial charge in [0.25, 0.3) is 0 Å². The van der Waals surface area contributed by atoms with Gasteiger partial charge in [-0.25, -0.2) is 9.93 Å². The van der Waals surface area contributed by atoms with E-state index in [1.807, 2.05) is 0 Å². The van der Waals surface area contributed by atoms with E-state index < -0.39 is 7.82 Å². The van der Waals surface area contributed by atoms with E-state index in [1.165, 1.54) is 0 Å². The normalized spacial score (nSPS) is 10.1. The van der Waals surface area contributed by atoms with Gasteiger partial charge in [-0.1, -0.05) is 0 Å². The molecule has 0 bridgehead atoms. The Morgan fingerprint density at radius 1 is 1.57 bits per heavy atom. The van der Waals surface area contributed by atoms with Crippen molar-refractivity contribution in [3.05, 3.63) is 0 Å². The zero-order chi connectivity index (χ0) is 5.21. The van der Waals surface area contributed by atoms with Crippen LogP contribution in [0.1, 0.15) is 0 Å². The number of hydrogen-bond donors (Lipinski definition) is 1. The van der Waals surface area contributed by atoms with Gasteiger partial charge in [-0.15, -0.1) is 0 Å². The van der Waals surface area contributed by atoms with Crippen LogP contribution in [0.3, 0.4) is 0 Å². The topological polar surface area (TPSA) is 92.7 Å². The third kappa shape index (κ3) is 10.9. The first-order chi connectivity index (χ1) is 2.56. The predicted molar refractivity (Wildman–Crippen MR) is 11.3 cm³/mol. The molecule has 0 saturated carbocycles.